The van der Waals surface area contributed by atoms with E-state index in [0.717, 1.165) is 6.42 Å². The van der Waals surface area contributed by atoms with Crippen LogP contribution in [0.2, 0.25) is 0 Å². The molecule has 0 amide bonds. The molecule has 0 saturated heterocycles. The van der Waals surface area contributed by atoms with Gasteiger partial charge in [0.25, 0.3) is 0 Å². The van der Waals surface area contributed by atoms with Crippen LogP contribution in [-0.4, -0.2) is 12.6 Å². The van der Waals surface area contributed by atoms with Crippen LogP contribution < -0.4 is 6.15 Å². The molecular formula is C18H39NO2. The van der Waals surface area contributed by atoms with Gasteiger partial charge in [-0.2, -0.15) is 0 Å². The molecule has 0 heterocycles. The quantitative estimate of drug-likeness (QED) is 0.289. The Hall–Kier alpha value is -0.570. The number of hydrogen-bond donors (Lipinski definition) is 1. The molecule has 0 aliphatic heterocycles. The number of esters is 1. The van der Waals surface area contributed by atoms with Gasteiger partial charge in [-0.1, -0.05) is 90.4 Å². The third-order valence-electron chi connectivity index (χ3n) is 3.80. The molecule has 0 atom stereocenters. The fraction of sp³-hybridized carbons (Fsp3) is 0.944. The molecule has 0 rings (SSSR count). The largest absolute Gasteiger partial charge is 0.466 e. The molecule has 0 bridgehead atoms. The summed E-state index contributed by atoms with van der Waals surface area (Å²) < 4.78 is 4.91. The van der Waals surface area contributed by atoms with E-state index in [4.69, 9.17) is 4.74 Å². The lowest BCUT2D eigenvalue weighted by Crippen LogP contribution is -2.00. The lowest BCUT2D eigenvalue weighted by molar-refractivity contribution is -0.141. The average molecular weight is 302 g/mol. The summed E-state index contributed by atoms with van der Waals surface area (Å²) in [5, 5.41) is 0. The molecule has 3 N–H and O–H groups in total. The molecule has 21 heavy (non-hydrogen) atoms. The molecule has 0 aromatic carbocycles. The van der Waals surface area contributed by atoms with Crippen LogP contribution in [-0.2, 0) is 9.53 Å². The minimum absolute atomic E-state index is 0. The van der Waals surface area contributed by atoms with Gasteiger partial charge in [0.15, 0.2) is 0 Å². The maximum Gasteiger partial charge on any atom is 0.302 e. The standard InChI is InChI=1S/C18H36O2.H3N/c1-3-4-5-6-7-8-9-10-11-12-13-14-15-16-17-20-18(2)19;/h3-17H2,1-2H3;1H3. The highest BCUT2D eigenvalue weighted by Gasteiger charge is 1.95. The predicted octanol–water partition coefficient (Wildman–Crippen LogP) is 6.19. The monoisotopic (exact) mass is 301 g/mol. The minimum atomic E-state index is -0.153. The normalized spacial score (nSPS) is 10.2. The molecule has 3 nitrogen and oxygen atoms in total. The van der Waals surface area contributed by atoms with Crippen LogP contribution in [0.25, 0.3) is 0 Å². The molecular weight excluding hydrogens is 262 g/mol. The van der Waals surface area contributed by atoms with Crippen molar-refractivity contribution in [1.29, 1.82) is 0 Å². The van der Waals surface area contributed by atoms with E-state index >= 15 is 0 Å². The second kappa shape index (κ2) is 19.4. The molecule has 0 unspecified atom stereocenters. The molecule has 3 heteroatoms. The fourth-order valence-electron chi connectivity index (χ4n) is 2.51. The summed E-state index contributed by atoms with van der Waals surface area (Å²) in [7, 11) is 0. The number of carbonyl (C=O) groups is 1. The van der Waals surface area contributed by atoms with Crippen LogP contribution in [0.4, 0.5) is 0 Å². The zero-order chi connectivity index (χ0) is 14.9. The Morgan fingerprint density at radius 1 is 0.667 bits per heavy atom. The predicted molar refractivity (Wildman–Crippen MR) is 92.0 cm³/mol. The lowest BCUT2D eigenvalue weighted by Gasteiger charge is -2.03. The van der Waals surface area contributed by atoms with Crippen molar-refractivity contribution in [2.24, 2.45) is 0 Å². The van der Waals surface area contributed by atoms with E-state index in [9.17, 15) is 4.79 Å². The molecule has 0 aliphatic rings. The van der Waals surface area contributed by atoms with Gasteiger partial charge in [0.1, 0.15) is 0 Å². The molecule has 0 saturated carbocycles. The highest BCUT2D eigenvalue weighted by molar-refractivity contribution is 5.65. The van der Waals surface area contributed by atoms with Crippen molar-refractivity contribution in [2.45, 2.75) is 104 Å². The number of ether oxygens (including phenoxy) is 1. The van der Waals surface area contributed by atoms with Gasteiger partial charge in [0, 0.05) is 6.92 Å². The van der Waals surface area contributed by atoms with E-state index in [2.05, 4.69) is 6.92 Å². The Morgan fingerprint density at radius 2 is 1.00 bits per heavy atom. The lowest BCUT2D eigenvalue weighted by atomic mass is 10.0. The maximum absolute atomic E-state index is 10.6. The minimum Gasteiger partial charge on any atom is -0.466 e. The molecule has 0 aromatic rings. The van der Waals surface area contributed by atoms with E-state index in [1.54, 1.807) is 0 Å². The van der Waals surface area contributed by atoms with Crippen molar-refractivity contribution in [3.63, 3.8) is 0 Å². The van der Waals surface area contributed by atoms with E-state index in [1.807, 2.05) is 0 Å². The van der Waals surface area contributed by atoms with Gasteiger partial charge in [-0.15, -0.1) is 0 Å². The Kier molecular flexibility index (Phi) is 21.0. The molecule has 128 valence electrons. The first-order valence-corrected chi connectivity index (χ1v) is 8.90. The molecule has 0 aliphatic carbocycles. The molecule has 0 radical (unpaired) electrons. The maximum atomic E-state index is 10.6. The summed E-state index contributed by atoms with van der Waals surface area (Å²) >= 11 is 0. The summed E-state index contributed by atoms with van der Waals surface area (Å²) in [6.45, 7) is 4.35. The topological polar surface area (TPSA) is 61.3 Å². The molecule has 0 spiro atoms. The van der Waals surface area contributed by atoms with Gasteiger partial charge in [0.05, 0.1) is 6.61 Å². The third kappa shape index (κ3) is 21.9. The Morgan fingerprint density at radius 3 is 1.33 bits per heavy atom. The van der Waals surface area contributed by atoms with Crippen molar-refractivity contribution in [1.82, 2.24) is 6.15 Å². The second-order valence-corrected chi connectivity index (χ2v) is 5.94. The van der Waals surface area contributed by atoms with Crippen LogP contribution in [0.15, 0.2) is 0 Å². The van der Waals surface area contributed by atoms with Crippen LogP contribution in [0.5, 0.6) is 0 Å². The fourth-order valence-corrected chi connectivity index (χ4v) is 2.51. The van der Waals surface area contributed by atoms with Crippen LogP contribution in [0.1, 0.15) is 104 Å². The van der Waals surface area contributed by atoms with E-state index in [-0.39, 0.29) is 12.1 Å². The highest BCUT2D eigenvalue weighted by atomic mass is 16.5. The van der Waals surface area contributed by atoms with Crippen molar-refractivity contribution in [2.75, 3.05) is 6.61 Å². The number of unbranched alkanes of at least 4 members (excludes halogenated alkanes) is 13. The van der Waals surface area contributed by atoms with Crippen LogP contribution >= 0.6 is 0 Å². The van der Waals surface area contributed by atoms with Crippen molar-refractivity contribution in [3.8, 4) is 0 Å². The number of rotatable bonds is 15. The van der Waals surface area contributed by atoms with Crippen molar-refractivity contribution < 1.29 is 9.53 Å². The van der Waals surface area contributed by atoms with Gasteiger partial charge in [-0.05, 0) is 6.42 Å². The van der Waals surface area contributed by atoms with Crippen molar-refractivity contribution in [3.05, 3.63) is 0 Å². The van der Waals surface area contributed by atoms with Crippen LogP contribution in [0.3, 0.4) is 0 Å². The second-order valence-electron chi connectivity index (χ2n) is 5.94. The van der Waals surface area contributed by atoms with Crippen LogP contribution in [0, 0.1) is 0 Å². The zero-order valence-electron chi connectivity index (χ0n) is 14.6. The highest BCUT2D eigenvalue weighted by Crippen LogP contribution is 2.12. The molecule has 0 aromatic heterocycles. The summed E-state index contributed by atoms with van der Waals surface area (Å²) in [4.78, 5) is 10.6. The summed E-state index contributed by atoms with van der Waals surface area (Å²) in [5.41, 5.74) is 0. The Bertz CT molecular complexity index is 207. The third-order valence-corrected chi connectivity index (χ3v) is 3.80. The van der Waals surface area contributed by atoms with Gasteiger partial charge in [-0.3, -0.25) is 4.79 Å². The Balaban J connectivity index is 0. The SMILES string of the molecule is CCCCCCCCCCCCCCCCOC(C)=O.N. The summed E-state index contributed by atoms with van der Waals surface area (Å²) in [5.74, 6) is -0.153. The van der Waals surface area contributed by atoms with E-state index in [1.165, 1.54) is 90.4 Å². The smallest absolute Gasteiger partial charge is 0.302 e. The first-order valence-electron chi connectivity index (χ1n) is 8.90. The Labute approximate surface area is 132 Å². The van der Waals surface area contributed by atoms with Gasteiger partial charge in [0.2, 0.25) is 0 Å². The zero-order valence-corrected chi connectivity index (χ0v) is 14.6. The van der Waals surface area contributed by atoms with E-state index < -0.39 is 0 Å². The van der Waals surface area contributed by atoms with Gasteiger partial charge < -0.3 is 10.9 Å². The summed E-state index contributed by atoms with van der Waals surface area (Å²) in [6, 6.07) is 0. The first kappa shape index (κ1) is 22.7. The van der Waals surface area contributed by atoms with Crippen molar-refractivity contribution >= 4 is 5.97 Å². The van der Waals surface area contributed by atoms with E-state index in [0.29, 0.717) is 6.61 Å². The average Bonchev–Trinajstić information content (AvgIpc) is 2.43. The first-order chi connectivity index (χ1) is 9.77. The number of carbonyl (C=O) groups excluding carboxylic acids is 1. The van der Waals surface area contributed by atoms with Gasteiger partial charge >= 0.3 is 5.97 Å². The summed E-state index contributed by atoms with van der Waals surface area (Å²) in [6.07, 6.45) is 19.0. The van der Waals surface area contributed by atoms with Gasteiger partial charge in [-0.25, -0.2) is 0 Å². The molecule has 0 fully saturated rings. The number of hydrogen-bond acceptors (Lipinski definition) is 3.